The van der Waals surface area contributed by atoms with E-state index in [1.807, 2.05) is 23.9 Å². The highest BCUT2D eigenvalue weighted by Gasteiger charge is 1.95. The number of rotatable bonds is 9. The molecule has 1 aromatic rings. The first kappa shape index (κ1) is 14.4. The third-order valence-electron chi connectivity index (χ3n) is 2.83. The van der Waals surface area contributed by atoms with Crippen LogP contribution in [0.25, 0.3) is 0 Å². The van der Waals surface area contributed by atoms with E-state index in [0.717, 1.165) is 5.75 Å². The van der Waals surface area contributed by atoms with Crippen LogP contribution in [-0.4, -0.2) is 12.9 Å². The van der Waals surface area contributed by atoms with E-state index >= 15 is 0 Å². The molecule has 0 amide bonds. The summed E-state index contributed by atoms with van der Waals surface area (Å²) in [6.45, 7) is 2.26. The van der Waals surface area contributed by atoms with Crippen molar-refractivity contribution in [3.63, 3.8) is 0 Å². The third-order valence-corrected chi connectivity index (χ3v) is 3.92. The van der Waals surface area contributed by atoms with Crippen molar-refractivity contribution >= 4 is 11.8 Å². The van der Waals surface area contributed by atoms with Gasteiger partial charge in [-0.05, 0) is 36.4 Å². The van der Waals surface area contributed by atoms with Crippen LogP contribution in [0.5, 0.6) is 5.75 Å². The molecule has 0 unspecified atom stereocenters. The van der Waals surface area contributed by atoms with Crippen LogP contribution in [0.15, 0.2) is 29.2 Å². The number of thioether (sulfide) groups is 1. The smallest absolute Gasteiger partial charge is 0.118 e. The molecule has 0 aromatic heterocycles. The van der Waals surface area contributed by atoms with Gasteiger partial charge in [-0.1, -0.05) is 39.0 Å². The van der Waals surface area contributed by atoms with E-state index in [1.54, 1.807) is 7.11 Å². The molecule has 0 aliphatic heterocycles. The standard InChI is InChI=1S/C15H24OS/c1-3-4-5-6-7-8-13-17-15-11-9-14(16-2)10-12-15/h9-12H,3-8,13H2,1-2H3. The lowest BCUT2D eigenvalue weighted by molar-refractivity contribution is 0.414. The number of unbranched alkanes of at least 4 members (excludes halogenated alkanes) is 5. The summed E-state index contributed by atoms with van der Waals surface area (Å²) in [6.07, 6.45) is 8.25. The van der Waals surface area contributed by atoms with Gasteiger partial charge in [0.2, 0.25) is 0 Å². The lowest BCUT2D eigenvalue weighted by atomic mass is 10.1. The first-order chi connectivity index (χ1) is 8.36. The monoisotopic (exact) mass is 252 g/mol. The fraction of sp³-hybridized carbons (Fsp3) is 0.600. The van der Waals surface area contributed by atoms with Crippen molar-refractivity contribution in [2.45, 2.75) is 50.3 Å². The molecule has 0 bridgehead atoms. The number of methoxy groups -OCH3 is 1. The van der Waals surface area contributed by atoms with Gasteiger partial charge >= 0.3 is 0 Å². The highest BCUT2D eigenvalue weighted by Crippen LogP contribution is 2.22. The summed E-state index contributed by atoms with van der Waals surface area (Å²) in [4.78, 5) is 1.35. The van der Waals surface area contributed by atoms with E-state index < -0.39 is 0 Å². The zero-order valence-electron chi connectivity index (χ0n) is 11.1. The summed E-state index contributed by atoms with van der Waals surface area (Å²) in [5.41, 5.74) is 0. The predicted octanol–water partition coefficient (Wildman–Crippen LogP) is 5.15. The summed E-state index contributed by atoms with van der Waals surface area (Å²) >= 11 is 1.95. The highest BCUT2D eigenvalue weighted by molar-refractivity contribution is 7.99. The van der Waals surface area contributed by atoms with Crippen LogP contribution in [0.2, 0.25) is 0 Å². The van der Waals surface area contributed by atoms with Crippen molar-refractivity contribution in [2.24, 2.45) is 0 Å². The Kier molecular flexibility index (Phi) is 7.98. The average molecular weight is 252 g/mol. The first-order valence-corrected chi connectivity index (χ1v) is 7.62. The van der Waals surface area contributed by atoms with Crippen LogP contribution < -0.4 is 4.74 Å². The molecule has 0 radical (unpaired) electrons. The molecule has 0 aliphatic rings. The lowest BCUT2D eigenvalue weighted by Gasteiger charge is -2.03. The molecule has 0 N–H and O–H groups in total. The van der Waals surface area contributed by atoms with E-state index in [9.17, 15) is 0 Å². The molecule has 2 heteroatoms. The minimum atomic E-state index is 0.939. The Morgan fingerprint density at radius 1 is 0.941 bits per heavy atom. The molecular weight excluding hydrogens is 228 g/mol. The molecule has 0 spiro atoms. The summed E-state index contributed by atoms with van der Waals surface area (Å²) < 4.78 is 5.14. The molecule has 1 rings (SSSR count). The Bertz CT molecular complexity index is 281. The summed E-state index contributed by atoms with van der Waals surface area (Å²) in [6, 6.07) is 8.34. The molecule has 96 valence electrons. The van der Waals surface area contributed by atoms with Crippen LogP contribution >= 0.6 is 11.8 Å². The third kappa shape index (κ3) is 6.62. The van der Waals surface area contributed by atoms with Gasteiger partial charge in [0.05, 0.1) is 7.11 Å². The second-order valence-electron chi connectivity index (χ2n) is 4.29. The number of ether oxygens (including phenoxy) is 1. The Hall–Kier alpha value is -0.630. The predicted molar refractivity (Wildman–Crippen MR) is 77.1 cm³/mol. The molecule has 0 fully saturated rings. The van der Waals surface area contributed by atoms with Gasteiger partial charge in [-0.25, -0.2) is 0 Å². The SMILES string of the molecule is CCCCCCCCSc1ccc(OC)cc1. The molecule has 17 heavy (non-hydrogen) atoms. The molecule has 0 saturated carbocycles. The van der Waals surface area contributed by atoms with Gasteiger partial charge < -0.3 is 4.74 Å². The summed E-state index contributed by atoms with van der Waals surface area (Å²) in [5.74, 6) is 2.17. The molecule has 0 aliphatic carbocycles. The van der Waals surface area contributed by atoms with Crippen molar-refractivity contribution in [1.29, 1.82) is 0 Å². The van der Waals surface area contributed by atoms with E-state index in [4.69, 9.17) is 4.74 Å². The highest BCUT2D eigenvalue weighted by atomic mass is 32.2. The van der Waals surface area contributed by atoms with Crippen LogP contribution in [0.3, 0.4) is 0 Å². The second kappa shape index (κ2) is 9.41. The molecular formula is C15H24OS. The maximum absolute atomic E-state index is 5.14. The van der Waals surface area contributed by atoms with Gasteiger partial charge in [-0.2, -0.15) is 0 Å². The molecule has 0 atom stereocenters. The Balaban J connectivity index is 2.05. The van der Waals surface area contributed by atoms with Crippen LogP contribution in [0.4, 0.5) is 0 Å². The minimum absolute atomic E-state index is 0.939. The van der Waals surface area contributed by atoms with Crippen LogP contribution in [0, 0.1) is 0 Å². The van der Waals surface area contributed by atoms with Crippen molar-refractivity contribution in [2.75, 3.05) is 12.9 Å². The zero-order valence-corrected chi connectivity index (χ0v) is 11.9. The Labute approximate surface area is 110 Å². The van der Waals surface area contributed by atoms with E-state index in [2.05, 4.69) is 19.1 Å². The van der Waals surface area contributed by atoms with Crippen molar-refractivity contribution in [1.82, 2.24) is 0 Å². The topological polar surface area (TPSA) is 9.23 Å². The second-order valence-corrected chi connectivity index (χ2v) is 5.46. The number of benzene rings is 1. The number of hydrogen-bond donors (Lipinski definition) is 0. The van der Waals surface area contributed by atoms with Crippen molar-refractivity contribution in [3.8, 4) is 5.75 Å². The summed E-state index contributed by atoms with van der Waals surface area (Å²) in [7, 11) is 1.71. The normalized spacial score (nSPS) is 10.5. The maximum atomic E-state index is 5.14. The van der Waals surface area contributed by atoms with Gasteiger partial charge in [0.1, 0.15) is 5.75 Å². The fourth-order valence-corrected chi connectivity index (χ4v) is 2.66. The Morgan fingerprint density at radius 3 is 2.24 bits per heavy atom. The van der Waals surface area contributed by atoms with Gasteiger partial charge in [0.25, 0.3) is 0 Å². The fourth-order valence-electron chi connectivity index (χ4n) is 1.74. The maximum Gasteiger partial charge on any atom is 0.118 e. The van der Waals surface area contributed by atoms with Gasteiger partial charge in [-0.15, -0.1) is 11.8 Å². The van der Waals surface area contributed by atoms with E-state index in [1.165, 1.54) is 49.2 Å². The van der Waals surface area contributed by atoms with Gasteiger partial charge in [0, 0.05) is 4.90 Å². The lowest BCUT2D eigenvalue weighted by Crippen LogP contribution is -1.84. The zero-order chi connectivity index (χ0) is 12.3. The van der Waals surface area contributed by atoms with Gasteiger partial charge in [-0.3, -0.25) is 0 Å². The quantitative estimate of drug-likeness (QED) is 0.444. The average Bonchev–Trinajstić information content (AvgIpc) is 2.38. The van der Waals surface area contributed by atoms with E-state index in [0.29, 0.717) is 0 Å². The summed E-state index contributed by atoms with van der Waals surface area (Å²) in [5, 5.41) is 0. The van der Waals surface area contributed by atoms with Crippen LogP contribution in [0.1, 0.15) is 45.4 Å². The largest absolute Gasteiger partial charge is 0.497 e. The molecule has 1 aromatic carbocycles. The van der Waals surface area contributed by atoms with Gasteiger partial charge in [0.15, 0.2) is 0 Å². The van der Waals surface area contributed by atoms with Crippen LogP contribution in [-0.2, 0) is 0 Å². The van der Waals surface area contributed by atoms with E-state index in [-0.39, 0.29) is 0 Å². The molecule has 0 saturated heterocycles. The Morgan fingerprint density at radius 2 is 1.59 bits per heavy atom. The number of hydrogen-bond acceptors (Lipinski definition) is 2. The van der Waals surface area contributed by atoms with Crippen molar-refractivity contribution in [3.05, 3.63) is 24.3 Å². The molecule has 1 nitrogen and oxygen atoms in total. The molecule has 0 heterocycles. The van der Waals surface area contributed by atoms with Crippen molar-refractivity contribution < 1.29 is 4.74 Å². The first-order valence-electron chi connectivity index (χ1n) is 6.63. The minimum Gasteiger partial charge on any atom is -0.497 e.